The van der Waals surface area contributed by atoms with Crippen LogP contribution in [0.25, 0.3) is 10.1 Å². The lowest BCUT2D eigenvalue weighted by Crippen LogP contribution is -1.94. The van der Waals surface area contributed by atoms with E-state index in [0.29, 0.717) is 0 Å². The van der Waals surface area contributed by atoms with Gasteiger partial charge in [-0.25, -0.2) is 0 Å². The van der Waals surface area contributed by atoms with E-state index in [2.05, 4.69) is 38.2 Å². The Morgan fingerprint density at radius 2 is 1.77 bits per heavy atom. The minimum Gasteiger partial charge on any atom is -0.355 e. The number of thiophene rings is 1. The molecule has 0 fully saturated rings. The zero-order valence-corrected chi connectivity index (χ0v) is 13.5. The predicted octanol–water partition coefficient (Wildman–Crippen LogP) is 5.48. The molecule has 0 amide bonds. The predicted molar refractivity (Wildman–Crippen MR) is 92.4 cm³/mol. The van der Waals surface area contributed by atoms with Crippen LogP contribution >= 0.6 is 11.3 Å². The highest BCUT2D eigenvalue weighted by molar-refractivity contribution is 7.19. The van der Waals surface area contributed by atoms with Gasteiger partial charge in [-0.2, -0.15) is 0 Å². The third-order valence-electron chi connectivity index (χ3n) is 3.88. The van der Waals surface area contributed by atoms with Gasteiger partial charge in [0.2, 0.25) is 0 Å². The number of anilines is 2. The molecule has 3 rings (SSSR count). The number of rotatable bonds is 3. The molecule has 0 bridgehead atoms. The summed E-state index contributed by atoms with van der Waals surface area (Å²) in [6, 6.07) is 10.8. The molecule has 22 heavy (non-hydrogen) atoms. The second kappa shape index (κ2) is 5.42. The van der Waals surface area contributed by atoms with Gasteiger partial charge in [0, 0.05) is 33.1 Å². The van der Waals surface area contributed by atoms with Gasteiger partial charge in [-0.3, -0.25) is 10.1 Å². The molecule has 0 atom stereocenters. The number of aryl methyl sites for hydroxylation is 3. The fourth-order valence-corrected chi connectivity index (χ4v) is 3.55. The molecular weight excluding hydrogens is 296 g/mol. The van der Waals surface area contributed by atoms with Crippen molar-refractivity contribution >= 4 is 38.5 Å². The average Bonchev–Trinajstić information content (AvgIpc) is 2.75. The number of fused-ring (bicyclic) bond motifs is 1. The van der Waals surface area contributed by atoms with E-state index < -0.39 is 4.92 Å². The van der Waals surface area contributed by atoms with E-state index in [9.17, 15) is 10.1 Å². The van der Waals surface area contributed by atoms with Crippen LogP contribution in [0.3, 0.4) is 0 Å². The van der Waals surface area contributed by atoms with E-state index in [1.807, 2.05) is 0 Å². The van der Waals surface area contributed by atoms with E-state index in [-0.39, 0.29) is 5.69 Å². The first-order chi connectivity index (χ1) is 10.5. The van der Waals surface area contributed by atoms with Crippen molar-refractivity contribution in [2.24, 2.45) is 0 Å². The van der Waals surface area contributed by atoms with Crippen LogP contribution in [-0.4, -0.2) is 4.92 Å². The summed E-state index contributed by atoms with van der Waals surface area (Å²) in [6.45, 7) is 6.36. The van der Waals surface area contributed by atoms with E-state index in [1.165, 1.54) is 32.7 Å². The van der Waals surface area contributed by atoms with Crippen LogP contribution in [0, 0.1) is 30.9 Å². The molecule has 0 aliphatic rings. The molecule has 0 unspecified atom stereocenters. The number of nitro benzene ring substituents is 1. The third-order valence-corrected chi connectivity index (χ3v) is 5.05. The zero-order valence-electron chi connectivity index (χ0n) is 12.6. The number of nitrogens with one attached hydrogen (secondary N) is 1. The van der Waals surface area contributed by atoms with Crippen LogP contribution < -0.4 is 5.32 Å². The largest absolute Gasteiger partial charge is 0.355 e. The molecule has 4 nitrogen and oxygen atoms in total. The number of benzene rings is 2. The summed E-state index contributed by atoms with van der Waals surface area (Å²) in [5, 5.41) is 15.3. The number of hydrogen-bond donors (Lipinski definition) is 1. The Bertz CT molecular complexity index is 866. The SMILES string of the molecule is Cc1cc2c(C)c(C)sc2cc1Nc1ccc([N+](=O)[O-])cc1. The average molecular weight is 312 g/mol. The minimum atomic E-state index is -0.391. The standard InChI is InChI=1S/C17H16N2O2S/c1-10-8-15-11(2)12(3)22-17(15)9-16(10)18-13-4-6-14(7-5-13)19(20)21/h4-9,18H,1-3H3. The van der Waals surface area contributed by atoms with Crippen molar-refractivity contribution in [2.75, 3.05) is 5.32 Å². The van der Waals surface area contributed by atoms with Crippen molar-refractivity contribution in [3.05, 3.63) is 62.5 Å². The van der Waals surface area contributed by atoms with Crippen molar-refractivity contribution in [3.8, 4) is 0 Å². The van der Waals surface area contributed by atoms with Crippen molar-refractivity contribution in [1.29, 1.82) is 0 Å². The van der Waals surface area contributed by atoms with Crippen molar-refractivity contribution < 1.29 is 4.92 Å². The smallest absolute Gasteiger partial charge is 0.269 e. The highest BCUT2D eigenvalue weighted by Crippen LogP contribution is 2.35. The lowest BCUT2D eigenvalue weighted by molar-refractivity contribution is -0.384. The Balaban J connectivity index is 1.96. The van der Waals surface area contributed by atoms with Crippen LogP contribution in [0.2, 0.25) is 0 Å². The molecule has 3 aromatic rings. The zero-order chi connectivity index (χ0) is 15.9. The molecule has 0 radical (unpaired) electrons. The quantitative estimate of drug-likeness (QED) is 0.514. The topological polar surface area (TPSA) is 55.2 Å². The second-order valence-corrected chi connectivity index (χ2v) is 6.63. The molecule has 0 spiro atoms. The van der Waals surface area contributed by atoms with Crippen molar-refractivity contribution in [3.63, 3.8) is 0 Å². The van der Waals surface area contributed by atoms with Gasteiger partial charge in [0.1, 0.15) is 0 Å². The Labute approximate surface area is 132 Å². The Morgan fingerprint density at radius 1 is 1.09 bits per heavy atom. The monoisotopic (exact) mass is 312 g/mol. The molecule has 2 aromatic carbocycles. The van der Waals surface area contributed by atoms with Crippen LogP contribution in [0.5, 0.6) is 0 Å². The molecule has 1 N–H and O–H groups in total. The first-order valence-corrected chi connectivity index (χ1v) is 7.79. The highest BCUT2D eigenvalue weighted by atomic mass is 32.1. The molecule has 0 saturated carbocycles. The molecule has 5 heteroatoms. The van der Waals surface area contributed by atoms with Gasteiger partial charge in [-0.15, -0.1) is 11.3 Å². The molecule has 1 aromatic heterocycles. The Kier molecular flexibility index (Phi) is 3.58. The van der Waals surface area contributed by atoms with Crippen LogP contribution in [0.1, 0.15) is 16.0 Å². The number of non-ortho nitro benzene ring substituents is 1. The van der Waals surface area contributed by atoms with Gasteiger partial charge in [-0.1, -0.05) is 0 Å². The Hall–Kier alpha value is -2.40. The van der Waals surface area contributed by atoms with Gasteiger partial charge in [0.05, 0.1) is 4.92 Å². The number of hydrogen-bond acceptors (Lipinski definition) is 4. The number of nitrogens with zero attached hydrogens (tertiary/aromatic N) is 1. The maximum Gasteiger partial charge on any atom is 0.269 e. The highest BCUT2D eigenvalue weighted by Gasteiger charge is 2.09. The molecule has 112 valence electrons. The van der Waals surface area contributed by atoms with Gasteiger partial charge >= 0.3 is 0 Å². The normalized spacial score (nSPS) is 10.9. The molecule has 0 aliphatic carbocycles. The van der Waals surface area contributed by atoms with Crippen LogP contribution in [0.4, 0.5) is 17.1 Å². The fourth-order valence-electron chi connectivity index (χ4n) is 2.45. The molecule has 0 saturated heterocycles. The second-order valence-electron chi connectivity index (χ2n) is 5.38. The van der Waals surface area contributed by atoms with E-state index >= 15 is 0 Å². The fraction of sp³-hybridized carbons (Fsp3) is 0.176. The van der Waals surface area contributed by atoms with Crippen LogP contribution in [0.15, 0.2) is 36.4 Å². The third kappa shape index (κ3) is 2.55. The molecular formula is C17H16N2O2S. The van der Waals surface area contributed by atoms with E-state index in [0.717, 1.165) is 16.9 Å². The number of nitro groups is 1. The lowest BCUT2D eigenvalue weighted by atomic mass is 10.1. The summed E-state index contributed by atoms with van der Waals surface area (Å²) in [6.07, 6.45) is 0. The van der Waals surface area contributed by atoms with Gasteiger partial charge < -0.3 is 5.32 Å². The van der Waals surface area contributed by atoms with Crippen LogP contribution in [-0.2, 0) is 0 Å². The molecule has 0 aliphatic heterocycles. The summed E-state index contributed by atoms with van der Waals surface area (Å²) in [5.74, 6) is 0. The summed E-state index contributed by atoms with van der Waals surface area (Å²) in [7, 11) is 0. The summed E-state index contributed by atoms with van der Waals surface area (Å²) in [4.78, 5) is 11.6. The summed E-state index contributed by atoms with van der Waals surface area (Å²) in [5.41, 5.74) is 4.47. The minimum absolute atomic E-state index is 0.0993. The first-order valence-electron chi connectivity index (χ1n) is 6.97. The maximum atomic E-state index is 10.7. The summed E-state index contributed by atoms with van der Waals surface area (Å²) >= 11 is 1.79. The first kappa shape index (κ1) is 14.5. The van der Waals surface area contributed by atoms with E-state index in [4.69, 9.17) is 0 Å². The summed E-state index contributed by atoms with van der Waals surface area (Å²) < 4.78 is 1.25. The maximum absolute atomic E-state index is 10.7. The van der Waals surface area contributed by atoms with Gasteiger partial charge in [0.15, 0.2) is 0 Å². The van der Waals surface area contributed by atoms with E-state index in [1.54, 1.807) is 23.5 Å². The van der Waals surface area contributed by atoms with Crippen molar-refractivity contribution in [1.82, 2.24) is 0 Å². The lowest BCUT2D eigenvalue weighted by Gasteiger charge is -2.10. The molecule has 1 heterocycles. The van der Waals surface area contributed by atoms with Gasteiger partial charge in [-0.05, 0) is 61.5 Å². The Morgan fingerprint density at radius 3 is 2.41 bits per heavy atom. The van der Waals surface area contributed by atoms with Gasteiger partial charge in [0.25, 0.3) is 5.69 Å². The van der Waals surface area contributed by atoms with Crippen molar-refractivity contribution in [2.45, 2.75) is 20.8 Å².